The van der Waals surface area contributed by atoms with Crippen molar-refractivity contribution in [1.82, 2.24) is 0 Å². The largest absolute Gasteiger partial charge is 0.396 e. The van der Waals surface area contributed by atoms with Gasteiger partial charge in [0.25, 0.3) is 0 Å². The van der Waals surface area contributed by atoms with E-state index in [1.807, 2.05) is 0 Å². The lowest BCUT2D eigenvalue weighted by atomic mass is 10.2. The van der Waals surface area contributed by atoms with Gasteiger partial charge in [-0.1, -0.05) is 0 Å². The third-order valence-electron chi connectivity index (χ3n) is 2.28. The summed E-state index contributed by atoms with van der Waals surface area (Å²) in [6, 6.07) is 3.55. The zero-order valence-corrected chi connectivity index (χ0v) is 8.59. The van der Waals surface area contributed by atoms with Crippen LogP contribution in [0.15, 0.2) is 28.0 Å². The maximum absolute atomic E-state index is 12.9. The number of benzene rings is 1. The van der Waals surface area contributed by atoms with E-state index >= 15 is 0 Å². The highest BCUT2D eigenvalue weighted by Crippen LogP contribution is 2.34. The number of rotatable bonds is 2. The predicted octanol–water partition coefficient (Wildman–Crippen LogP) is 1.34. The Kier molecular flexibility index (Phi) is 2.36. The molecule has 0 spiro atoms. The Morgan fingerprint density at radius 1 is 1.33 bits per heavy atom. The summed E-state index contributed by atoms with van der Waals surface area (Å²) in [6.45, 7) is -0.235. The fraction of sp³-hybridized carbons (Fsp3) is 0.200. The van der Waals surface area contributed by atoms with Crippen LogP contribution in [-0.2, 0) is 9.84 Å². The molecule has 3 nitrogen and oxygen atoms in total. The van der Waals surface area contributed by atoms with Crippen molar-refractivity contribution in [2.75, 3.05) is 6.61 Å². The van der Waals surface area contributed by atoms with E-state index in [0.717, 1.165) is 6.07 Å². The van der Waals surface area contributed by atoms with E-state index in [1.54, 1.807) is 0 Å². The number of hydrogen-bond donors (Lipinski definition) is 1. The van der Waals surface area contributed by atoms with Crippen LogP contribution in [-0.4, -0.2) is 20.1 Å². The zero-order valence-electron chi connectivity index (χ0n) is 7.77. The molecule has 0 unspecified atom stereocenters. The highest BCUT2D eigenvalue weighted by atomic mass is 32.2. The number of fused-ring (bicyclic) bond motifs is 1. The highest BCUT2D eigenvalue weighted by Gasteiger charge is 2.28. The van der Waals surface area contributed by atoms with Gasteiger partial charge in [0.1, 0.15) is 5.82 Å². The normalized spacial score (nSPS) is 17.3. The maximum atomic E-state index is 12.9. The molecule has 80 valence electrons. The zero-order chi connectivity index (χ0) is 11.1. The van der Waals surface area contributed by atoms with Crippen LogP contribution in [0.5, 0.6) is 0 Å². The second kappa shape index (κ2) is 3.43. The molecular formula is C10H9FO3S. The predicted molar refractivity (Wildman–Crippen MR) is 53.3 cm³/mol. The minimum absolute atomic E-state index is 0.0681. The Morgan fingerprint density at radius 3 is 2.73 bits per heavy atom. The van der Waals surface area contributed by atoms with Crippen molar-refractivity contribution in [2.24, 2.45) is 0 Å². The van der Waals surface area contributed by atoms with Gasteiger partial charge in [-0.05, 0) is 29.8 Å². The highest BCUT2D eigenvalue weighted by molar-refractivity contribution is 7.95. The van der Waals surface area contributed by atoms with Crippen molar-refractivity contribution in [2.45, 2.75) is 11.3 Å². The molecule has 0 radical (unpaired) electrons. The van der Waals surface area contributed by atoms with Crippen LogP contribution < -0.4 is 0 Å². The molecule has 15 heavy (non-hydrogen) atoms. The Morgan fingerprint density at radius 2 is 2.07 bits per heavy atom. The second-order valence-corrected chi connectivity index (χ2v) is 5.24. The van der Waals surface area contributed by atoms with Crippen LogP contribution in [0.1, 0.15) is 12.0 Å². The molecule has 2 rings (SSSR count). The molecule has 1 aromatic rings. The molecule has 1 N–H and O–H groups in total. The molecule has 1 aliphatic rings. The second-order valence-electron chi connectivity index (χ2n) is 3.27. The van der Waals surface area contributed by atoms with Crippen LogP contribution in [0.4, 0.5) is 4.39 Å². The molecule has 0 saturated carbocycles. The van der Waals surface area contributed by atoms with Gasteiger partial charge in [-0.25, -0.2) is 12.8 Å². The van der Waals surface area contributed by atoms with Gasteiger partial charge in [0, 0.05) is 13.0 Å². The molecule has 5 heteroatoms. The van der Waals surface area contributed by atoms with Crippen molar-refractivity contribution >= 4 is 15.9 Å². The SMILES string of the molecule is O=S1(=O)C(CCO)=Cc2cc(F)ccc21. The van der Waals surface area contributed by atoms with E-state index in [1.165, 1.54) is 18.2 Å². The van der Waals surface area contributed by atoms with Crippen molar-refractivity contribution in [3.8, 4) is 0 Å². The van der Waals surface area contributed by atoms with Gasteiger partial charge in [0.05, 0.1) is 9.80 Å². The van der Waals surface area contributed by atoms with Crippen LogP contribution in [0.2, 0.25) is 0 Å². The summed E-state index contributed by atoms with van der Waals surface area (Å²) < 4.78 is 36.4. The monoisotopic (exact) mass is 228 g/mol. The summed E-state index contributed by atoms with van der Waals surface area (Å²) in [6.07, 6.45) is 1.47. The summed E-state index contributed by atoms with van der Waals surface area (Å²) in [5, 5.41) is 8.71. The van der Waals surface area contributed by atoms with Crippen LogP contribution >= 0.6 is 0 Å². The Labute approximate surface area is 86.8 Å². The van der Waals surface area contributed by atoms with E-state index in [4.69, 9.17) is 5.11 Å². The third-order valence-corrected chi connectivity index (χ3v) is 4.24. The molecule has 0 amide bonds. The van der Waals surface area contributed by atoms with Crippen molar-refractivity contribution in [1.29, 1.82) is 0 Å². The minimum Gasteiger partial charge on any atom is -0.396 e. The summed E-state index contributed by atoms with van der Waals surface area (Å²) in [5.74, 6) is -0.467. The molecule has 0 aromatic heterocycles. The lowest BCUT2D eigenvalue weighted by molar-refractivity contribution is 0.301. The molecule has 0 bridgehead atoms. The van der Waals surface area contributed by atoms with E-state index in [0.29, 0.717) is 5.56 Å². The molecule has 0 fully saturated rings. The van der Waals surface area contributed by atoms with Gasteiger partial charge in [0.15, 0.2) is 0 Å². The van der Waals surface area contributed by atoms with E-state index in [2.05, 4.69) is 0 Å². The number of aliphatic hydroxyl groups excluding tert-OH is 1. The van der Waals surface area contributed by atoms with Crippen LogP contribution in [0.25, 0.3) is 6.08 Å². The number of hydrogen-bond acceptors (Lipinski definition) is 3. The summed E-state index contributed by atoms with van der Waals surface area (Å²) >= 11 is 0. The molecule has 0 atom stereocenters. The Bertz CT molecular complexity index is 532. The first-order valence-corrected chi connectivity index (χ1v) is 5.90. The van der Waals surface area contributed by atoms with Crippen molar-refractivity contribution in [3.05, 3.63) is 34.5 Å². The maximum Gasteiger partial charge on any atom is 0.203 e. The van der Waals surface area contributed by atoms with Crippen molar-refractivity contribution < 1.29 is 17.9 Å². The Balaban J connectivity index is 2.58. The van der Waals surface area contributed by atoms with Gasteiger partial charge < -0.3 is 5.11 Å². The molecular weight excluding hydrogens is 219 g/mol. The molecule has 0 aliphatic carbocycles. The van der Waals surface area contributed by atoms with Gasteiger partial charge in [-0.2, -0.15) is 0 Å². The minimum atomic E-state index is -3.49. The lowest BCUT2D eigenvalue weighted by Gasteiger charge is -2.01. The van der Waals surface area contributed by atoms with Crippen LogP contribution in [0, 0.1) is 5.82 Å². The first kappa shape index (κ1) is 10.3. The van der Waals surface area contributed by atoms with Gasteiger partial charge in [-0.15, -0.1) is 0 Å². The standard InChI is InChI=1S/C10H9FO3S/c11-8-1-2-10-7(5-8)6-9(3-4-12)15(10,13)14/h1-2,5-6,12H,3-4H2. The third kappa shape index (κ3) is 1.57. The number of aliphatic hydroxyl groups is 1. The summed E-state index contributed by atoms with van der Waals surface area (Å²) in [4.78, 5) is 0.262. The van der Waals surface area contributed by atoms with Gasteiger partial charge in [0.2, 0.25) is 9.84 Å². The fourth-order valence-electron chi connectivity index (χ4n) is 1.59. The summed E-state index contributed by atoms with van der Waals surface area (Å²) in [5.41, 5.74) is 0.360. The Hall–Kier alpha value is -1.20. The number of sulfone groups is 1. The fourth-order valence-corrected chi connectivity index (χ4v) is 3.19. The van der Waals surface area contributed by atoms with Crippen molar-refractivity contribution in [3.63, 3.8) is 0 Å². The first-order chi connectivity index (χ1) is 7.05. The van der Waals surface area contributed by atoms with Crippen LogP contribution in [0.3, 0.4) is 0 Å². The first-order valence-electron chi connectivity index (χ1n) is 4.42. The van der Waals surface area contributed by atoms with Gasteiger partial charge >= 0.3 is 0 Å². The quantitative estimate of drug-likeness (QED) is 0.777. The smallest absolute Gasteiger partial charge is 0.203 e. The average Bonchev–Trinajstić information content (AvgIpc) is 2.39. The average molecular weight is 228 g/mol. The van der Waals surface area contributed by atoms with Gasteiger partial charge in [-0.3, -0.25) is 0 Å². The molecule has 1 aromatic carbocycles. The summed E-state index contributed by atoms with van der Waals surface area (Å²) in [7, 11) is -3.49. The molecule has 0 saturated heterocycles. The number of halogens is 1. The van der Waals surface area contributed by atoms with E-state index in [-0.39, 0.29) is 22.8 Å². The lowest BCUT2D eigenvalue weighted by Crippen LogP contribution is -2.02. The molecule has 1 aliphatic heterocycles. The topological polar surface area (TPSA) is 54.4 Å². The molecule has 1 heterocycles. The van der Waals surface area contributed by atoms with E-state index < -0.39 is 15.7 Å². The van der Waals surface area contributed by atoms with E-state index in [9.17, 15) is 12.8 Å².